The van der Waals surface area contributed by atoms with Crippen LogP contribution in [-0.2, 0) is 0 Å². The maximum atomic E-state index is 10.3. The fourth-order valence-electron chi connectivity index (χ4n) is 7.36. The summed E-state index contributed by atoms with van der Waals surface area (Å²) in [4.78, 5) is 3.69. The molecule has 0 atom stereocenters. The first-order chi connectivity index (χ1) is 24.7. The van der Waals surface area contributed by atoms with E-state index in [4.69, 9.17) is 6.57 Å². The molecule has 2 aromatic heterocycles. The topological polar surface area (TPSA) is 61.8 Å². The third kappa shape index (κ3) is 4.38. The molecule has 9 aromatic rings. The molecule has 0 fully saturated rings. The van der Waals surface area contributed by atoms with Crippen LogP contribution in [0.15, 0.2) is 152 Å². The molecule has 9 rings (SSSR count). The van der Waals surface area contributed by atoms with Crippen molar-refractivity contribution < 1.29 is 0 Å². The summed E-state index contributed by atoms with van der Waals surface area (Å²) in [6, 6.07) is 55.7. The lowest BCUT2D eigenvalue weighted by Crippen LogP contribution is -1.99. The molecule has 2 heterocycles. The van der Waals surface area contributed by atoms with Crippen LogP contribution in [0.5, 0.6) is 0 Å². The second-order valence-corrected chi connectivity index (χ2v) is 12.3. The third-order valence-corrected chi connectivity index (χ3v) is 9.62. The molecule has 230 valence electrons. The number of hydrogen-bond donors (Lipinski definition) is 0. The monoisotopic (exact) mass is 635 g/mol. The number of benzene rings is 7. The fraction of sp³-hybridized carbons (Fsp3) is 0. The van der Waals surface area contributed by atoms with Crippen LogP contribution in [0.4, 0.5) is 5.69 Å². The van der Waals surface area contributed by atoms with E-state index in [0.29, 0.717) is 16.8 Å². The van der Waals surface area contributed by atoms with Gasteiger partial charge in [-0.25, -0.2) is 4.85 Å². The summed E-state index contributed by atoms with van der Waals surface area (Å²) in [7, 11) is 0. The molecule has 0 spiro atoms. The summed E-state index contributed by atoms with van der Waals surface area (Å²) < 4.78 is 4.42. The molecular weight excluding hydrogens is 611 g/mol. The van der Waals surface area contributed by atoms with Crippen molar-refractivity contribution >= 4 is 49.3 Å². The van der Waals surface area contributed by atoms with Gasteiger partial charge in [0, 0.05) is 38.3 Å². The Morgan fingerprint density at radius 3 is 1.76 bits per heavy atom. The second-order valence-electron chi connectivity index (χ2n) is 12.3. The zero-order valence-corrected chi connectivity index (χ0v) is 26.7. The van der Waals surface area contributed by atoms with E-state index in [1.54, 1.807) is 6.07 Å². The predicted molar refractivity (Wildman–Crippen MR) is 202 cm³/mol. The second kappa shape index (κ2) is 11.4. The van der Waals surface area contributed by atoms with Gasteiger partial charge in [0.15, 0.2) is 5.69 Å². The molecule has 0 aliphatic heterocycles. The molecule has 0 aliphatic rings. The zero-order valence-electron chi connectivity index (χ0n) is 26.7. The Bertz CT molecular complexity index is 2890. The lowest BCUT2D eigenvalue weighted by molar-refractivity contribution is 1.18. The van der Waals surface area contributed by atoms with Crippen LogP contribution in [0, 0.1) is 29.2 Å². The van der Waals surface area contributed by atoms with Gasteiger partial charge in [0.05, 0.1) is 52.1 Å². The van der Waals surface area contributed by atoms with Gasteiger partial charge in [-0.2, -0.15) is 10.5 Å². The molecule has 0 N–H and O–H groups in total. The van der Waals surface area contributed by atoms with E-state index < -0.39 is 0 Å². The fourth-order valence-corrected chi connectivity index (χ4v) is 7.36. The Morgan fingerprint density at radius 1 is 0.480 bits per heavy atom. The highest BCUT2D eigenvalue weighted by molar-refractivity contribution is 6.11. The summed E-state index contributed by atoms with van der Waals surface area (Å²) >= 11 is 0. The van der Waals surface area contributed by atoms with Crippen molar-refractivity contribution in [2.45, 2.75) is 0 Å². The van der Waals surface area contributed by atoms with E-state index >= 15 is 0 Å². The molecule has 5 nitrogen and oxygen atoms in total. The van der Waals surface area contributed by atoms with Gasteiger partial charge in [0.25, 0.3) is 0 Å². The van der Waals surface area contributed by atoms with Gasteiger partial charge >= 0.3 is 0 Å². The molecule has 0 amide bonds. The van der Waals surface area contributed by atoms with Gasteiger partial charge in [-0.3, -0.25) is 0 Å². The standard InChI is InChI=1S/C45H25N5/c1-48-34-20-23-38-39-25-29(27-46)13-24-42(39)50(44(38)26-34)43-12-6-7-33(28-47)45(43)32-16-14-30(15-17-32)31-18-21-35(22-19-31)49-40-10-4-2-8-36(40)37-9-3-5-11-41(37)49/h2-26H. The third-order valence-electron chi connectivity index (χ3n) is 9.62. The molecule has 0 saturated heterocycles. The van der Waals surface area contributed by atoms with Gasteiger partial charge in [0.2, 0.25) is 0 Å². The molecule has 0 aliphatic carbocycles. The van der Waals surface area contributed by atoms with E-state index in [9.17, 15) is 10.5 Å². The minimum Gasteiger partial charge on any atom is -0.310 e. The number of rotatable bonds is 4. The Kier molecular flexibility index (Phi) is 6.56. The highest BCUT2D eigenvalue weighted by atomic mass is 15.0. The smallest absolute Gasteiger partial charge is 0.189 e. The number of nitriles is 2. The maximum absolute atomic E-state index is 10.3. The van der Waals surface area contributed by atoms with Gasteiger partial charge in [-0.1, -0.05) is 91.0 Å². The lowest BCUT2D eigenvalue weighted by Gasteiger charge is -2.16. The van der Waals surface area contributed by atoms with Crippen LogP contribution in [0.3, 0.4) is 0 Å². The zero-order chi connectivity index (χ0) is 33.8. The summed E-state index contributed by atoms with van der Waals surface area (Å²) in [5, 5.41) is 24.3. The molecule has 5 heteroatoms. The summed E-state index contributed by atoms with van der Waals surface area (Å²) in [5.41, 5.74) is 11.6. The Balaban J connectivity index is 1.15. The molecule has 50 heavy (non-hydrogen) atoms. The summed E-state index contributed by atoms with van der Waals surface area (Å²) in [5.74, 6) is 0. The molecule has 0 radical (unpaired) electrons. The van der Waals surface area contributed by atoms with Crippen molar-refractivity contribution in [2.24, 2.45) is 0 Å². The average Bonchev–Trinajstić information content (AvgIpc) is 3.69. The van der Waals surface area contributed by atoms with Gasteiger partial charge in [0.1, 0.15) is 0 Å². The Morgan fingerprint density at radius 2 is 1.10 bits per heavy atom. The largest absolute Gasteiger partial charge is 0.310 e. The van der Waals surface area contributed by atoms with E-state index in [2.05, 4.69) is 123 Å². The van der Waals surface area contributed by atoms with E-state index in [1.165, 1.54) is 21.8 Å². The highest BCUT2D eigenvalue weighted by Gasteiger charge is 2.19. The highest BCUT2D eigenvalue weighted by Crippen LogP contribution is 2.40. The first-order valence-corrected chi connectivity index (χ1v) is 16.3. The van der Waals surface area contributed by atoms with Crippen LogP contribution in [-0.4, -0.2) is 9.13 Å². The molecule has 0 unspecified atom stereocenters. The van der Waals surface area contributed by atoms with Crippen molar-refractivity contribution in [1.29, 1.82) is 10.5 Å². The van der Waals surface area contributed by atoms with E-state index in [0.717, 1.165) is 55.4 Å². The van der Waals surface area contributed by atoms with Crippen molar-refractivity contribution in [3.63, 3.8) is 0 Å². The maximum Gasteiger partial charge on any atom is 0.189 e. The average molecular weight is 636 g/mol. The number of nitrogens with zero attached hydrogens (tertiary/aromatic N) is 5. The van der Waals surface area contributed by atoms with E-state index in [1.807, 2.05) is 48.5 Å². The van der Waals surface area contributed by atoms with Gasteiger partial charge in [-0.05, 0) is 77.4 Å². The lowest BCUT2D eigenvalue weighted by atomic mass is 9.95. The normalized spacial score (nSPS) is 11.1. The molecular formula is C45H25N5. The number of para-hydroxylation sites is 2. The van der Waals surface area contributed by atoms with Crippen LogP contribution in [0.2, 0.25) is 0 Å². The minimum atomic E-state index is 0.522. The van der Waals surface area contributed by atoms with Crippen LogP contribution in [0.1, 0.15) is 11.1 Å². The van der Waals surface area contributed by atoms with Crippen LogP contribution in [0.25, 0.3) is 82.1 Å². The van der Waals surface area contributed by atoms with E-state index in [-0.39, 0.29) is 0 Å². The summed E-state index contributed by atoms with van der Waals surface area (Å²) in [6.07, 6.45) is 0. The number of fused-ring (bicyclic) bond motifs is 6. The number of aromatic nitrogens is 2. The molecule has 0 saturated carbocycles. The quantitative estimate of drug-likeness (QED) is 0.181. The van der Waals surface area contributed by atoms with Crippen LogP contribution < -0.4 is 0 Å². The van der Waals surface area contributed by atoms with Crippen molar-refractivity contribution in [2.75, 3.05) is 0 Å². The molecule has 7 aromatic carbocycles. The Labute approximate surface area is 288 Å². The Hall–Kier alpha value is -7.39. The van der Waals surface area contributed by atoms with Crippen LogP contribution >= 0.6 is 0 Å². The van der Waals surface area contributed by atoms with Crippen molar-refractivity contribution in [3.8, 4) is 45.8 Å². The minimum absolute atomic E-state index is 0.522. The first kappa shape index (κ1) is 28.8. The summed E-state index contributed by atoms with van der Waals surface area (Å²) in [6.45, 7) is 7.66. The van der Waals surface area contributed by atoms with Crippen molar-refractivity contribution in [1.82, 2.24) is 9.13 Å². The van der Waals surface area contributed by atoms with Crippen molar-refractivity contribution in [3.05, 3.63) is 174 Å². The number of hydrogen-bond acceptors (Lipinski definition) is 2. The van der Waals surface area contributed by atoms with Gasteiger partial charge < -0.3 is 9.13 Å². The first-order valence-electron chi connectivity index (χ1n) is 16.3. The SMILES string of the molecule is [C-]#[N+]c1ccc2c3cc(C#N)ccc3n(-c3cccc(C#N)c3-c3ccc(-c4ccc(-n5c6ccccc6c6ccccc65)cc4)cc3)c2c1. The predicted octanol–water partition coefficient (Wildman–Crippen LogP) is 11.5. The van der Waals surface area contributed by atoms with Gasteiger partial charge in [-0.15, -0.1) is 0 Å². The molecule has 0 bridgehead atoms.